The number of nitrogens with zero attached hydrogens (tertiary/aromatic N) is 2. The van der Waals surface area contributed by atoms with Crippen LogP contribution in [0.1, 0.15) is 23.2 Å². The molecule has 6 heteroatoms. The van der Waals surface area contributed by atoms with E-state index in [2.05, 4.69) is 39.7 Å². The Balaban J connectivity index is 0.00000324. The first kappa shape index (κ1) is 18.4. The minimum Gasteiger partial charge on any atom is -0.356 e. The maximum absolute atomic E-state index is 4.33. The van der Waals surface area contributed by atoms with Crippen LogP contribution in [-0.4, -0.2) is 31.1 Å². The molecule has 2 N–H and O–H groups in total. The molecule has 0 radical (unpaired) electrons. The summed E-state index contributed by atoms with van der Waals surface area (Å²) in [6.07, 6.45) is 8.07. The van der Waals surface area contributed by atoms with E-state index in [1.165, 1.54) is 9.88 Å². The van der Waals surface area contributed by atoms with E-state index in [0.29, 0.717) is 0 Å². The Labute approximate surface area is 136 Å². The number of aryl methyl sites for hydroxylation is 1. The van der Waals surface area contributed by atoms with Gasteiger partial charge in [0, 0.05) is 37.6 Å². The van der Waals surface area contributed by atoms with Crippen LogP contribution in [0.4, 0.5) is 0 Å². The molecular weight excluding hydrogens is 371 g/mol. The number of allylic oxidation sites excluding steroid dienone is 1. The molecule has 4 nitrogen and oxygen atoms in total. The Morgan fingerprint density at radius 3 is 2.74 bits per heavy atom. The van der Waals surface area contributed by atoms with Gasteiger partial charge in [0.25, 0.3) is 0 Å². The van der Waals surface area contributed by atoms with Crippen LogP contribution in [-0.2, 0) is 6.42 Å². The second kappa shape index (κ2) is 11.2. The van der Waals surface area contributed by atoms with Crippen LogP contribution in [0.15, 0.2) is 23.3 Å². The monoisotopic (exact) mass is 394 g/mol. The normalized spacial score (nSPS) is 11.4. The number of thiazole rings is 1. The number of nitrogens with one attached hydrogen (secondary N) is 2. The van der Waals surface area contributed by atoms with E-state index in [4.69, 9.17) is 0 Å². The molecule has 0 unspecified atom stereocenters. The number of hydrogen-bond acceptors (Lipinski definition) is 3. The number of hydrogen-bond donors (Lipinski definition) is 2. The maximum atomic E-state index is 4.33. The van der Waals surface area contributed by atoms with Gasteiger partial charge >= 0.3 is 0 Å². The number of aliphatic imine (C=N–C) groups is 1. The molecule has 0 aliphatic heterocycles. The highest BCUT2D eigenvalue weighted by Crippen LogP contribution is 2.10. The molecule has 0 bridgehead atoms. The third-order valence-corrected chi connectivity index (χ3v) is 3.34. The lowest BCUT2D eigenvalue weighted by Gasteiger charge is -2.10. The lowest BCUT2D eigenvalue weighted by Crippen LogP contribution is -2.38. The number of aromatic nitrogens is 1. The fourth-order valence-corrected chi connectivity index (χ4v) is 2.25. The molecule has 0 saturated carbocycles. The molecule has 1 heterocycles. The van der Waals surface area contributed by atoms with E-state index in [0.717, 1.165) is 31.9 Å². The zero-order chi connectivity index (χ0) is 13.2. The molecule has 0 amide bonds. The van der Waals surface area contributed by atoms with Gasteiger partial charge in [-0.05, 0) is 20.3 Å². The van der Waals surface area contributed by atoms with Crippen molar-refractivity contribution in [2.45, 2.75) is 26.7 Å². The largest absolute Gasteiger partial charge is 0.356 e. The molecule has 0 aliphatic rings. The quantitative estimate of drug-likeness (QED) is 0.257. The van der Waals surface area contributed by atoms with Gasteiger partial charge in [0.2, 0.25) is 0 Å². The summed E-state index contributed by atoms with van der Waals surface area (Å²) in [7, 11) is 1.79. The summed E-state index contributed by atoms with van der Waals surface area (Å²) in [6, 6.07) is 0. The molecular formula is C13H23IN4S. The lowest BCUT2D eigenvalue weighted by molar-refractivity contribution is 0.789. The Morgan fingerprint density at radius 1 is 1.42 bits per heavy atom. The van der Waals surface area contributed by atoms with Crippen molar-refractivity contribution in [3.05, 3.63) is 28.2 Å². The summed E-state index contributed by atoms with van der Waals surface area (Å²) in [6.45, 7) is 5.87. The first-order valence-corrected chi connectivity index (χ1v) is 7.05. The summed E-state index contributed by atoms with van der Waals surface area (Å²) in [5.41, 5.74) is 0. The van der Waals surface area contributed by atoms with Crippen LogP contribution in [0.5, 0.6) is 0 Å². The summed E-state index contributed by atoms with van der Waals surface area (Å²) in [5, 5.41) is 7.72. The first-order valence-electron chi connectivity index (χ1n) is 6.23. The van der Waals surface area contributed by atoms with E-state index < -0.39 is 0 Å². The van der Waals surface area contributed by atoms with Crippen molar-refractivity contribution < 1.29 is 0 Å². The van der Waals surface area contributed by atoms with Crippen LogP contribution in [0.25, 0.3) is 0 Å². The van der Waals surface area contributed by atoms with Gasteiger partial charge in [-0.1, -0.05) is 12.2 Å². The predicted molar refractivity (Wildman–Crippen MR) is 94.8 cm³/mol. The highest BCUT2D eigenvalue weighted by Gasteiger charge is 2.00. The molecule has 0 saturated heterocycles. The number of guanidine groups is 1. The number of halogens is 1. The van der Waals surface area contributed by atoms with Gasteiger partial charge in [0.1, 0.15) is 0 Å². The van der Waals surface area contributed by atoms with Crippen molar-refractivity contribution in [2.75, 3.05) is 20.1 Å². The summed E-state index contributed by atoms with van der Waals surface area (Å²) >= 11 is 1.75. The van der Waals surface area contributed by atoms with E-state index in [1.54, 1.807) is 18.4 Å². The van der Waals surface area contributed by atoms with Gasteiger partial charge in [-0.2, -0.15) is 0 Å². The first-order chi connectivity index (χ1) is 8.76. The molecule has 0 spiro atoms. The molecule has 1 aromatic heterocycles. The minimum atomic E-state index is 0. The predicted octanol–water partition coefficient (Wildman–Crippen LogP) is 2.74. The van der Waals surface area contributed by atoms with Crippen molar-refractivity contribution in [1.29, 1.82) is 0 Å². The van der Waals surface area contributed by atoms with E-state index >= 15 is 0 Å². The topological polar surface area (TPSA) is 49.3 Å². The van der Waals surface area contributed by atoms with Crippen molar-refractivity contribution in [3.8, 4) is 0 Å². The second-order valence-electron chi connectivity index (χ2n) is 3.90. The molecule has 1 rings (SSSR count). The van der Waals surface area contributed by atoms with Crippen LogP contribution >= 0.6 is 35.3 Å². The average molecular weight is 394 g/mol. The SMILES string of the molecule is C/C=C/CCNC(=NC)NCCc1ncc(C)s1.I. The minimum absolute atomic E-state index is 0. The highest BCUT2D eigenvalue weighted by molar-refractivity contribution is 14.0. The van der Waals surface area contributed by atoms with Crippen LogP contribution in [0, 0.1) is 6.92 Å². The molecule has 0 fully saturated rings. The van der Waals surface area contributed by atoms with Crippen molar-refractivity contribution in [1.82, 2.24) is 15.6 Å². The zero-order valence-electron chi connectivity index (χ0n) is 11.8. The summed E-state index contributed by atoms with van der Waals surface area (Å²) in [5.74, 6) is 0.854. The van der Waals surface area contributed by atoms with Crippen molar-refractivity contribution in [3.63, 3.8) is 0 Å². The van der Waals surface area contributed by atoms with E-state index in [9.17, 15) is 0 Å². The van der Waals surface area contributed by atoms with Gasteiger partial charge in [-0.3, -0.25) is 4.99 Å². The molecule has 0 aromatic carbocycles. The third kappa shape index (κ3) is 8.20. The Bertz CT molecular complexity index is 401. The zero-order valence-corrected chi connectivity index (χ0v) is 14.9. The Kier molecular flexibility index (Phi) is 10.8. The fraction of sp³-hybridized carbons (Fsp3) is 0.538. The average Bonchev–Trinajstić information content (AvgIpc) is 2.78. The molecule has 19 heavy (non-hydrogen) atoms. The highest BCUT2D eigenvalue weighted by atomic mass is 127. The molecule has 1 aromatic rings. The van der Waals surface area contributed by atoms with Crippen LogP contribution < -0.4 is 10.6 Å². The van der Waals surface area contributed by atoms with E-state index in [1.807, 2.05) is 13.1 Å². The molecule has 0 aliphatic carbocycles. The molecule has 108 valence electrons. The maximum Gasteiger partial charge on any atom is 0.191 e. The second-order valence-corrected chi connectivity index (χ2v) is 5.22. The van der Waals surface area contributed by atoms with Gasteiger partial charge in [0.05, 0.1) is 5.01 Å². The van der Waals surface area contributed by atoms with Gasteiger partial charge in [-0.15, -0.1) is 35.3 Å². The van der Waals surface area contributed by atoms with Crippen molar-refractivity contribution >= 4 is 41.3 Å². The van der Waals surface area contributed by atoms with Gasteiger partial charge in [0.15, 0.2) is 5.96 Å². The van der Waals surface area contributed by atoms with E-state index in [-0.39, 0.29) is 24.0 Å². The summed E-state index contributed by atoms with van der Waals surface area (Å²) in [4.78, 5) is 9.77. The lowest BCUT2D eigenvalue weighted by atomic mass is 10.4. The smallest absolute Gasteiger partial charge is 0.191 e. The fourth-order valence-electron chi connectivity index (χ4n) is 1.47. The van der Waals surface area contributed by atoms with Gasteiger partial charge < -0.3 is 10.6 Å². The van der Waals surface area contributed by atoms with Gasteiger partial charge in [-0.25, -0.2) is 4.98 Å². The molecule has 0 atom stereocenters. The number of rotatable bonds is 6. The summed E-state index contributed by atoms with van der Waals surface area (Å²) < 4.78 is 0. The Hall–Kier alpha value is -0.630. The standard InChI is InChI=1S/C13H22N4S.HI/c1-4-5-6-8-15-13(14-3)16-9-7-12-17-10-11(2)18-12;/h4-5,10H,6-9H2,1-3H3,(H2,14,15,16);1H/b5-4+;. The Morgan fingerprint density at radius 2 is 2.16 bits per heavy atom. The van der Waals surface area contributed by atoms with Crippen LogP contribution in [0.2, 0.25) is 0 Å². The third-order valence-electron chi connectivity index (χ3n) is 2.36. The van der Waals surface area contributed by atoms with Crippen molar-refractivity contribution in [2.24, 2.45) is 4.99 Å². The van der Waals surface area contributed by atoms with Crippen LogP contribution in [0.3, 0.4) is 0 Å².